The Kier molecular flexibility index (Phi) is 5.30. The average Bonchev–Trinajstić information content (AvgIpc) is 3.41. The standard InChI is InChI=1S/C22H27FN4O2/c1-14(21(28)26-9-5-6-16(26)11-24)12-25-13-17-10-20(25)22(29)27(17)15(2)18-7-3-4-8-19(18)23/h3-4,7-8,14-17,20H,5-6,9-10,12-13H2,1-2H3/t14-,15-,16-,17?,20-/m0/s1. The average molecular weight is 398 g/mol. The third-order valence-corrected chi connectivity index (χ3v) is 6.70. The van der Waals surface area contributed by atoms with E-state index in [2.05, 4.69) is 11.0 Å². The molecule has 1 aromatic rings. The molecule has 3 fully saturated rings. The summed E-state index contributed by atoms with van der Waals surface area (Å²) in [7, 11) is 0. The van der Waals surface area contributed by atoms with Crippen LogP contribution in [0.1, 0.15) is 44.7 Å². The molecule has 0 aliphatic carbocycles. The quantitative estimate of drug-likeness (QED) is 0.763. The van der Waals surface area contributed by atoms with E-state index < -0.39 is 0 Å². The fourth-order valence-corrected chi connectivity index (χ4v) is 5.24. The van der Waals surface area contributed by atoms with Gasteiger partial charge in [-0.2, -0.15) is 5.26 Å². The maximum absolute atomic E-state index is 14.2. The maximum Gasteiger partial charge on any atom is 0.240 e. The summed E-state index contributed by atoms with van der Waals surface area (Å²) in [5.74, 6) is -0.522. The van der Waals surface area contributed by atoms with Gasteiger partial charge in [0.05, 0.1) is 18.2 Å². The van der Waals surface area contributed by atoms with Gasteiger partial charge in [0.15, 0.2) is 0 Å². The van der Waals surface area contributed by atoms with Crippen molar-refractivity contribution in [3.8, 4) is 6.07 Å². The minimum absolute atomic E-state index is 0.000790. The lowest BCUT2D eigenvalue weighted by molar-refractivity contribution is -0.142. The summed E-state index contributed by atoms with van der Waals surface area (Å²) in [5.41, 5.74) is 0.542. The molecule has 29 heavy (non-hydrogen) atoms. The molecule has 0 spiro atoms. The molecule has 3 saturated heterocycles. The SMILES string of the molecule is C[C@@H](CN1CC2C[C@H]1C(=O)N2[C@@H](C)c1ccccc1F)C(=O)N1CCC[C@H]1C#N. The summed E-state index contributed by atoms with van der Waals surface area (Å²) in [6.45, 7) is 5.62. The van der Waals surface area contributed by atoms with E-state index in [9.17, 15) is 19.2 Å². The van der Waals surface area contributed by atoms with Crippen molar-refractivity contribution in [1.82, 2.24) is 14.7 Å². The Morgan fingerprint density at radius 1 is 1.34 bits per heavy atom. The molecule has 2 amide bonds. The molecule has 0 aromatic heterocycles. The van der Waals surface area contributed by atoms with Crippen molar-refractivity contribution in [2.45, 2.75) is 57.3 Å². The number of hydrogen-bond acceptors (Lipinski definition) is 4. The minimum Gasteiger partial charge on any atom is -0.330 e. The first kappa shape index (κ1) is 19.8. The van der Waals surface area contributed by atoms with Crippen LogP contribution in [-0.2, 0) is 9.59 Å². The Labute approximate surface area is 170 Å². The number of carbonyl (C=O) groups excluding carboxylic acids is 2. The van der Waals surface area contributed by atoms with Crippen molar-refractivity contribution >= 4 is 11.8 Å². The van der Waals surface area contributed by atoms with Crippen LogP contribution in [-0.4, -0.2) is 64.3 Å². The highest BCUT2D eigenvalue weighted by molar-refractivity contribution is 5.86. The highest BCUT2D eigenvalue weighted by Gasteiger charge is 2.51. The molecule has 2 bridgehead atoms. The summed E-state index contributed by atoms with van der Waals surface area (Å²) in [5, 5.41) is 9.24. The van der Waals surface area contributed by atoms with Gasteiger partial charge in [0.2, 0.25) is 11.8 Å². The molecule has 5 atom stereocenters. The van der Waals surface area contributed by atoms with Crippen LogP contribution < -0.4 is 0 Å². The van der Waals surface area contributed by atoms with Gasteiger partial charge in [0, 0.05) is 37.2 Å². The van der Waals surface area contributed by atoms with Crippen molar-refractivity contribution in [1.29, 1.82) is 5.26 Å². The van der Waals surface area contributed by atoms with Gasteiger partial charge in [-0.3, -0.25) is 14.5 Å². The fraction of sp³-hybridized carbons (Fsp3) is 0.591. The number of amides is 2. The second kappa shape index (κ2) is 7.75. The Morgan fingerprint density at radius 3 is 2.79 bits per heavy atom. The monoisotopic (exact) mass is 398 g/mol. The Hall–Kier alpha value is -2.46. The number of piperazine rings is 1. The number of benzene rings is 1. The van der Waals surface area contributed by atoms with Crippen LogP contribution >= 0.6 is 0 Å². The second-order valence-electron chi connectivity index (χ2n) is 8.52. The number of nitrogens with zero attached hydrogens (tertiary/aromatic N) is 4. The molecule has 154 valence electrons. The Balaban J connectivity index is 1.40. The summed E-state index contributed by atoms with van der Waals surface area (Å²) in [6, 6.07) is 8.00. The molecule has 0 saturated carbocycles. The van der Waals surface area contributed by atoms with E-state index in [4.69, 9.17) is 0 Å². The van der Waals surface area contributed by atoms with Gasteiger partial charge in [0.1, 0.15) is 11.9 Å². The van der Waals surface area contributed by atoms with Crippen LogP contribution in [0.25, 0.3) is 0 Å². The maximum atomic E-state index is 14.2. The lowest BCUT2D eigenvalue weighted by Crippen LogP contribution is -2.53. The van der Waals surface area contributed by atoms with Gasteiger partial charge < -0.3 is 9.80 Å². The fourth-order valence-electron chi connectivity index (χ4n) is 5.24. The van der Waals surface area contributed by atoms with Gasteiger partial charge in [-0.1, -0.05) is 25.1 Å². The molecule has 6 nitrogen and oxygen atoms in total. The molecule has 4 rings (SSSR count). The lowest BCUT2D eigenvalue weighted by Gasteiger charge is -2.38. The Morgan fingerprint density at radius 2 is 2.10 bits per heavy atom. The molecular weight excluding hydrogens is 371 g/mol. The van der Waals surface area contributed by atoms with Crippen LogP contribution in [0.3, 0.4) is 0 Å². The molecule has 7 heteroatoms. The van der Waals surface area contributed by atoms with Gasteiger partial charge in [-0.15, -0.1) is 0 Å². The molecule has 0 N–H and O–H groups in total. The predicted molar refractivity (Wildman–Crippen MR) is 105 cm³/mol. The highest BCUT2D eigenvalue weighted by atomic mass is 19.1. The second-order valence-corrected chi connectivity index (χ2v) is 8.52. The largest absolute Gasteiger partial charge is 0.330 e. The topological polar surface area (TPSA) is 67.7 Å². The van der Waals surface area contributed by atoms with Crippen LogP contribution in [0.4, 0.5) is 4.39 Å². The Bertz CT molecular complexity index is 853. The van der Waals surface area contributed by atoms with E-state index in [1.54, 1.807) is 23.1 Å². The minimum atomic E-state index is -0.321. The van der Waals surface area contributed by atoms with E-state index in [1.807, 2.05) is 18.7 Å². The molecule has 3 aliphatic heterocycles. The molecule has 3 aliphatic rings. The van der Waals surface area contributed by atoms with Gasteiger partial charge >= 0.3 is 0 Å². The summed E-state index contributed by atoms with van der Waals surface area (Å²) >= 11 is 0. The zero-order valence-electron chi connectivity index (χ0n) is 16.9. The van der Waals surface area contributed by atoms with E-state index in [0.717, 1.165) is 19.3 Å². The summed E-state index contributed by atoms with van der Waals surface area (Å²) < 4.78 is 14.2. The van der Waals surface area contributed by atoms with Crippen molar-refractivity contribution in [3.63, 3.8) is 0 Å². The number of likely N-dealkylation sites (tertiary alicyclic amines) is 3. The van der Waals surface area contributed by atoms with Crippen LogP contribution in [0.2, 0.25) is 0 Å². The third-order valence-electron chi connectivity index (χ3n) is 6.70. The molecule has 3 heterocycles. The van der Waals surface area contributed by atoms with Crippen LogP contribution in [0, 0.1) is 23.1 Å². The lowest BCUT2D eigenvalue weighted by atomic mass is 10.0. The molecule has 1 unspecified atom stereocenters. The van der Waals surface area contributed by atoms with Crippen LogP contribution in [0.15, 0.2) is 24.3 Å². The first-order valence-electron chi connectivity index (χ1n) is 10.4. The van der Waals surface area contributed by atoms with Crippen molar-refractivity contribution in [2.24, 2.45) is 5.92 Å². The number of carbonyl (C=O) groups is 2. The molecular formula is C22H27FN4O2. The van der Waals surface area contributed by atoms with E-state index in [-0.39, 0.29) is 47.7 Å². The predicted octanol–water partition coefficient (Wildman–Crippen LogP) is 2.32. The highest BCUT2D eigenvalue weighted by Crippen LogP contribution is 2.38. The van der Waals surface area contributed by atoms with E-state index >= 15 is 0 Å². The number of fused-ring (bicyclic) bond motifs is 2. The van der Waals surface area contributed by atoms with Crippen LogP contribution in [0.5, 0.6) is 0 Å². The number of halogens is 1. The van der Waals surface area contributed by atoms with Crippen molar-refractivity contribution in [2.75, 3.05) is 19.6 Å². The summed E-state index contributed by atoms with van der Waals surface area (Å²) in [6.07, 6.45) is 2.33. The first-order valence-corrected chi connectivity index (χ1v) is 10.4. The normalized spacial score (nSPS) is 28.6. The molecule has 1 aromatic carbocycles. The smallest absolute Gasteiger partial charge is 0.240 e. The number of rotatable bonds is 5. The number of hydrogen-bond donors (Lipinski definition) is 0. The van der Waals surface area contributed by atoms with E-state index in [0.29, 0.717) is 25.2 Å². The summed E-state index contributed by atoms with van der Waals surface area (Å²) in [4.78, 5) is 31.4. The van der Waals surface area contributed by atoms with E-state index in [1.165, 1.54) is 6.07 Å². The zero-order chi connectivity index (χ0) is 20.7. The number of nitriles is 1. The van der Waals surface area contributed by atoms with Gasteiger partial charge in [-0.25, -0.2) is 4.39 Å². The first-order chi connectivity index (χ1) is 13.9. The van der Waals surface area contributed by atoms with Gasteiger partial charge in [0.25, 0.3) is 0 Å². The zero-order valence-corrected chi connectivity index (χ0v) is 16.9. The third kappa shape index (κ3) is 3.40. The van der Waals surface area contributed by atoms with Gasteiger partial charge in [-0.05, 0) is 32.3 Å². The van der Waals surface area contributed by atoms with Crippen molar-refractivity contribution in [3.05, 3.63) is 35.6 Å². The van der Waals surface area contributed by atoms with Crippen molar-refractivity contribution < 1.29 is 14.0 Å². The molecule has 0 radical (unpaired) electrons.